The summed E-state index contributed by atoms with van der Waals surface area (Å²) in [7, 11) is 0. The fourth-order valence-electron chi connectivity index (χ4n) is 1.92. The molecular formula is C20H30O2. The molecule has 0 fully saturated rings. The van der Waals surface area contributed by atoms with Gasteiger partial charge in [0, 0.05) is 6.08 Å². The largest absolute Gasteiger partial charge is 0.478 e. The third-order valence-electron chi connectivity index (χ3n) is 3.13. The highest BCUT2D eigenvalue weighted by Crippen LogP contribution is 2.08. The van der Waals surface area contributed by atoms with Gasteiger partial charge in [-0.05, 0) is 12.8 Å². The second kappa shape index (κ2) is 17.2. The van der Waals surface area contributed by atoms with Crippen molar-refractivity contribution in [2.24, 2.45) is 0 Å². The second-order valence-electron chi connectivity index (χ2n) is 5.19. The Morgan fingerprint density at radius 3 is 1.82 bits per heavy atom. The van der Waals surface area contributed by atoms with Gasteiger partial charge in [-0.2, -0.15) is 0 Å². The minimum atomic E-state index is -0.931. The van der Waals surface area contributed by atoms with Crippen molar-refractivity contribution in [3.8, 4) is 0 Å². The van der Waals surface area contributed by atoms with Crippen molar-refractivity contribution in [3.63, 3.8) is 0 Å². The standard InChI is InChI=1S/C20H30O2/c1-2-3-4-5-6-7-8-9-10-11-12-13-14-15-16-17-18-19-20(21)22/h10-19H,2-9H2,1H3,(H,21,22)/i20+2. The van der Waals surface area contributed by atoms with Gasteiger partial charge >= 0.3 is 5.97 Å². The number of allylic oxidation sites excluding steroid dienone is 9. The predicted octanol–water partition coefficient (Wildman–Crippen LogP) is 5.99. The minimum Gasteiger partial charge on any atom is -0.478 e. The number of hydrogen-bond acceptors (Lipinski definition) is 1. The highest BCUT2D eigenvalue weighted by molar-refractivity contribution is 5.80. The van der Waals surface area contributed by atoms with Crippen LogP contribution in [0.15, 0.2) is 60.8 Å². The van der Waals surface area contributed by atoms with E-state index in [1.165, 1.54) is 51.0 Å². The summed E-state index contributed by atoms with van der Waals surface area (Å²) >= 11 is 0. The van der Waals surface area contributed by atoms with Gasteiger partial charge in [0.2, 0.25) is 0 Å². The quantitative estimate of drug-likeness (QED) is 0.258. The maximum atomic E-state index is 10.2. The Morgan fingerprint density at radius 1 is 0.727 bits per heavy atom. The first-order valence-electron chi connectivity index (χ1n) is 8.33. The SMILES string of the molecule is CCCCCCCCCC=CC=CC=CC=CC=C[14C](=O)O. The number of rotatable bonds is 13. The highest BCUT2D eigenvalue weighted by atomic mass is 16.6. The summed E-state index contributed by atoms with van der Waals surface area (Å²) in [6.45, 7) is 2.25. The number of unbranched alkanes of at least 4 members (excludes halogenated alkanes) is 7. The summed E-state index contributed by atoms with van der Waals surface area (Å²) in [5, 5.41) is 8.38. The molecule has 0 amide bonds. The lowest BCUT2D eigenvalue weighted by Gasteiger charge is -1.98. The van der Waals surface area contributed by atoms with E-state index in [4.69, 9.17) is 5.11 Å². The van der Waals surface area contributed by atoms with Crippen molar-refractivity contribution in [3.05, 3.63) is 60.8 Å². The van der Waals surface area contributed by atoms with Gasteiger partial charge in [0.25, 0.3) is 0 Å². The minimum absolute atomic E-state index is 0.931. The third kappa shape index (κ3) is 18.2. The molecule has 0 saturated carbocycles. The average Bonchev–Trinajstić information content (AvgIpc) is 2.50. The Kier molecular flexibility index (Phi) is 15.8. The van der Waals surface area contributed by atoms with Crippen LogP contribution in [0.3, 0.4) is 0 Å². The van der Waals surface area contributed by atoms with Crippen molar-refractivity contribution in [2.45, 2.75) is 58.3 Å². The first-order valence-corrected chi connectivity index (χ1v) is 8.33. The summed E-state index contributed by atoms with van der Waals surface area (Å²) in [5.41, 5.74) is 0. The fraction of sp³-hybridized carbons (Fsp3) is 0.450. The molecule has 0 radical (unpaired) electrons. The van der Waals surface area contributed by atoms with Crippen LogP contribution in [0, 0.1) is 0 Å². The van der Waals surface area contributed by atoms with Gasteiger partial charge in [-0.15, -0.1) is 0 Å². The van der Waals surface area contributed by atoms with Crippen LogP contribution in [0.4, 0.5) is 0 Å². The average molecular weight is 304 g/mol. The molecule has 0 aliphatic carbocycles. The molecule has 122 valence electrons. The monoisotopic (exact) mass is 304 g/mol. The molecule has 0 bridgehead atoms. The Labute approximate surface area is 135 Å². The zero-order valence-electron chi connectivity index (χ0n) is 13.8. The predicted molar refractivity (Wildman–Crippen MR) is 95.9 cm³/mol. The Hall–Kier alpha value is -1.83. The number of carboxylic acids is 1. The lowest BCUT2D eigenvalue weighted by molar-refractivity contribution is -0.131. The van der Waals surface area contributed by atoms with Gasteiger partial charge < -0.3 is 5.11 Å². The molecule has 0 aromatic carbocycles. The first kappa shape index (κ1) is 20.2. The van der Waals surface area contributed by atoms with Gasteiger partial charge in [0.15, 0.2) is 0 Å². The van der Waals surface area contributed by atoms with Gasteiger partial charge in [0.05, 0.1) is 0 Å². The molecule has 0 spiro atoms. The molecule has 0 heterocycles. The summed E-state index contributed by atoms with van der Waals surface area (Å²) in [5.74, 6) is -0.931. The van der Waals surface area contributed by atoms with Crippen LogP contribution in [-0.4, -0.2) is 11.1 Å². The molecule has 0 atom stereocenters. The van der Waals surface area contributed by atoms with Crippen LogP contribution >= 0.6 is 0 Å². The number of carboxylic acid groups (broad SMARTS) is 1. The number of carbonyl (C=O) groups is 1. The van der Waals surface area contributed by atoms with E-state index in [0.717, 1.165) is 12.5 Å². The summed E-state index contributed by atoms with van der Waals surface area (Å²) in [6, 6.07) is 0. The molecule has 2 nitrogen and oxygen atoms in total. The Balaban J connectivity index is 3.50. The Morgan fingerprint density at radius 2 is 1.23 bits per heavy atom. The van der Waals surface area contributed by atoms with Crippen molar-refractivity contribution in [2.75, 3.05) is 0 Å². The molecule has 0 unspecified atom stereocenters. The van der Waals surface area contributed by atoms with E-state index >= 15 is 0 Å². The molecule has 22 heavy (non-hydrogen) atoms. The molecule has 0 aromatic heterocycles. The Bertz CT molecular complexity index is 398. The first-order chi connectivity index (χ1) is 10.8. The van der Waals surface area contributed by atoms with Crippen LogP contribution < -0.4 is 0 Å². The normalized spacial score (nSPS) is 12.8. The van der Waals surface area contributed by atoms with E-state index in [0.29, 0.717) is 0 Å². The topological polar surface area (TPSA) is 37.3 Å². The lowest BCUT2D eigenvalue weighted by atomic mass is 10.1. The molecular weight excluding hydrogens is 274 g/mol. The molecule has 0 saturated heterocycles. The molecule has 0 rings (SSSR count). The molecule has 2 heteroatoms. The van der Waals surface area contributed by atoms with E-state index < -0.39 is 5.97 Å². The highest BCUT2D eigenvalue weighted by Gasteiger charge is 1.88. The van der Waals surface area contributed by atoms with E-state index in [9.17, 15) is 4.79 Å². The summed E-state index contributed by atoms with van der Waals surface area (Å²) < 4.78 is 0. The lowest BCUT2D eigenvalue weighted by Crippen LogP contribution is -1.84. The van der Waals surface area contributed by atoms with E-state index in [1.54, 1.807) is 12.2 Å². The van der Waals surface area contributed by atoms with Gasteiger partial charge in [-0.25, -0.2) is 4.79 Å². The number of hydrogen-bond donors (Lipinski definition) is 1. The second-order valence-corrected chi connectivity index (χ2v) is 5.19. The van der Waals surface area contributed by atoms with Crippen molar-refractivity contribution >= 4 is 5.97 Å². The molecule has 0 aliphatic rings. The van der Waals surface area contributed by atoms with Crippen LogP contribution in [0.25, 0.3) is 0 Å². The van der Waals surface area contributed by atoms with Crippen LogP contribution in [0.5, 0.6) is 0 Å². The van der Waals surface area contributed by atoms with Gasteiger partial charge in [0.1, 0.15) is 0 Å². The van der Waals surface area contributed by atoms with Crippen LogP contribution in [-0.2, 0) is 4.79 Å². The van der Waals surface area contributed by atoms with E-state index in [1.807, 2.05) is 24.3 Å². The van der Waals surface area contributed by atoms with Gasteiger partial charge in [-0.1, -0.05) is 100 Å². The maximum absolute atomic E-state index is 10.2. The summed E-state index contributed by atoms with van der Waals surface area (Å²) in [4.78, 5) is 10.2. The maximum Gasteiger partial charge on any atom is 0.328 e. The fourth-order valence-corrected chi connectivity index (χ4v) is 1.92. The zero-order chi connectivity index (χ0) is 16.3. The van der Waals surface area contributed by atoms with Gasteiger partial charge in [-0.3, -0.25) is 0 Å². The molecule has 0 aromatic rings. The van der Waals surface area contributed by atoms with E-state index in [2.05, 4.69) is 19.1 Å². The summed E-state index contributed by atoms with van der Waals surface area (Å²) in [6.07, 6.45) is 28.8. The molecule has 1 N–H and O–H groups in total. The smallest absolute Gasteiger partial charge is 0.328 e. The molecule has 0 aliphatic heterocycles. The van der Waals surface area contributed by atoms with Crippen molar-refractivity contribution in [1.29, 1.82) is 0 Å². The van der Waals surface area contributed by atoms with Crippen molar-refractivity contribution in [1.82, 2.24) is 0 Å². The van der Waals surface area contributed by atoms with E-state index in [-0.39, 0.29) is 0 Å². The van der Waals surface area contributed by atoms with Crippen molar-refractivity contribution < 1.29 is 9.90 Å². The number of aliphatic carboxylic acids is 1. The zero-order valence-corrected chi connectivity index (χ0v) is 13.8. The third-order valence-corrected chi connectivity index (χ3v) is 3.13. The van der Waals surface area contributed by atoms with Crippen LogP contribution in [0.2, 0.25) is 0 Å². The van der Waals surface area contributed by atoms with Crippen LogP contribution in [0.1, 0.15) is 58.3 Å².